The number of halogens is 1. The molecule has 2 nitrogen and oxygen atoms in total. The van der Waals surface area contributed by atoms with Gasteiger partial charge in [-0.1, -0.05) is 6.07 Å². The first kappa shape index (κ1) is 11.5. The van der Waals surface area contributed by atoms with Gasteiger partial charge in [0, 0.05) is 10.6 Å². The molecular weight excluding hydrogens is 286 g/mol. The highest BCUT2D eigenvalue weighted by Gasteiger charge is 2.05. The third-order valence-corrected chi connectivity index (χ3v) is 3.74. The van der Waals surface area contributed by atoms with Gasteiger partial charge in [-0.15, -0.1) is 11.3 Å². The number of hydrogen-bond acceptors (Lipinski definition) is 3. The van der Waals surface area contributed by atoms with Gasteiger partial charge in [0.25, 0.3) is 0 Å². The minimum Gasteiger partial charge on any atom is -0.487 e. The molecule has 0 aliphatic rings. The number of nitrogen functional groups attached to an aromatic ring is 1. The highest BCUT2D eigenvalue weighted by Crippen LogP contribution is 2.30. The van der Waals surface area contributed by atoms with Crippen molar-refractivity contribution in [2.45, 2.75) is 13.5 Å². The van der Waals surface area contributed by atoms with Crippen LogP contribution < -0.4 is 10.5 Å². The number of anilines is 1. The Labute approximate surface area is 107 Å². The first-order valence-corrected chi connectivity index (χ1v) is 6.55. The van der Waals surface area contributed by atoms with E-state index in [0.29, 0.717) is 6.61 Å². The van der Waals surface area contributed by atoms with Crippen molar-refractivity contribution in [3.63, 3.8) is 0 Å². The van der Waals surface area contributed by atoms with Gasteiger partial charge in [-0.2, -0.15) is 0 Å². The van der Waals surface area contributed by atoms with Crippen LogP contribution in [0.15, 0.2) is 34.1 Å². The van der Waals surface area contributed by atoms with Gasteiger partial charge < -0.3 is 10.5 Å². The van der Waals surface area contributed by atoms with E-state index in [2.05, 4.69) is 22.0 Å². The van der Waals surface area contributed by atoms with Gasteiger partial charge in [0.2, 0.25) is 0 Å². The molecule has 2 aromatic rings. The lowest BCUT2D eigenvalue weighted by Crippen LogP contribution is -1.96. The van der Waals surface area contributed by atoms with Crippen LogP contribution in [0.3, 0.4) is 0 Å². The maximum absolute atomic E-state index is 5.80. The van der Waals surface area contributed by atoms with Crippen LogP contribution in [0.2, 0.25) is 0 Å². The quantitative estimate of drug-likeness (QED) is 0.870. The number of thiophene rings is 1. The highest BCUT2D eigenvalue weighted by molar-refractivity contribution is 9.10. The first-order valence-electron chi connectivity index (χ1n) is 4.87. The Balaban J connectivity index is 2.12. The van der Waals surface area contributed by atoms with Crippen molar-refractivity contribution in [1.82, 2.24) is 0 Å². The predicted molar refractivity (Wildman–Crippen MR) is 71.9 cm³/mol. The molecule has 0 amide bonds. The van der Waals surface area contributed by atoms with Gasteiger partial charge in [0.05, 0.1) is 4.47 Å². The zero-order chi connectivity index (χ0) is 11.5. The van der Waals surface area contributed by atoms with Crippen LogP contribution in [-0.4, -0.2) is 0 Å². The van der Waals surface area contributed by atoms with Crippen LogP contribution >= 0.6 is 27.3 Å². The van der Waals surface area contributed by atoms with E-state index in [1.165, 1.54) is 4.88 Å². The van der Waals surface area contributed by atoms with Crippen molar-refractivity contribution in [2.75, 3.05) is 5.73 Å². The molecule has 0 spiro atoms. The van der Waals surface area contributed by atoms with Gasteiger partial charge >= 0.3 is 0 Å². The molecule has 0 atom stereocenters. The Morgan fingerprint density at radius 1 is 1.44 bits per heavy atom. The smallest absolute Gasteiger partial charge is 0.134 e. The minimum atomic E-state index is 0.597. The molecule has 0 radical (unpaired) electrons. The average molecular weight is 298 g/mol. The lowest BCUT2D eigenvalue weighted by atomic mass is 10.2. The lowest BCUT2D eigenvalue weighted by molar-refractivity contribution is 0.307. The van der Waals surface area contributed by atoms with Gasteiger partial charge in [0.15, 0.2) is 0 Å². The van der Waals surface area contributed by atoms with E-state index in [9.17, 15) is 0 Å². The third-order valence-electron chi connectivity index (χ3n) is 2.27. The Hall–Kier alpha value is -1.00. The van der Waals surface area contributed by atoms with Gasteiger partial charge in [-0.25, -0.2) is 0 Å². The van der Waals surface area contributed by atoms with E-state index in [-0.39, 0.29) is 0 Å². The first-order chi connectivity index (χ1) is 7.66. The summed E-state index contributed by atoms with van der Waals surface area (Å²) in [5.41, 5.74) is 7.60. The Morgan fingerprint density at radius 2 is 2.25 bits per heavy atom. The van der Waals surface area contributed by atoms with Gasteiger partial charge in [-0.05, 0) is 52.0 Å². The zero-order valence-electron chi connectivity index (χ0n) is 8.87. The topological polar surface area (TPSA) is 35.2 Å². The molecule has 2 rings (SSSR count). The third kappa shape index (κ3) is 2.57. The van der Waals surface area contributed by atoms with Crippen LogP contribution in [-0.2, 0) is 6.61 Å². The zero-order valence-corrected chi connectivity index (χ0v) is 11.3. The molecular formula is C12H12BrNOS. The number of nitrogens with two attached hydrogens (primary N) is 1. The fraction of sp³-hybridized carbons (Fsp3) is 0.167. The Morgan fingerprint density at radius 3 is 2.94 bits per heavy atom. The molecule has 2 N–H and O–H groups in total. The van der Waals surface area contributed by atoms with Crippen LogP contribution in [0, 0.1) is 6.92 Å². The number of benzene rings is 1. The van der Waals surface area contributed by atoms with Crippen LogP contribution in [0.4, 0.5) is 5.69 Å². The van der Waals surface area contributed by atoms with E-state index in [1.807, 2.05) is 30.5 Å². The molecule has 0 fully saturated rings. The summed E-state index contributed by atoms with van der Waals surface area (Å²) in [5, 5.41) is 2.04. The van der Waals surface area contributed by atoms with Crippen molar-refractivity contribution in [2.24, 2.45) is 0 Å². The second kappa shape index (κ2) is 4.89. The van der Waals surface area contributed by atoms with E-state index in [1.54, 1.807) is 11.3 Å². The summed E-state index contributed by atoms with van der Waals surface area (Å²) in [6.07, 6.45) is 0. The van der Waals surface area contributed by atoms with Crippen LogP contribution in [0.5, 0.6) is 5.75 Å². The molecule has 0 aliphatic carbocycles. The molecule has 0 aliphatic heterocycles. The SMILES string of the molecule is Cc1cc(OCc2cccs2)c(Br)cc1N. The molecule has 0 saturated carbocycles. The summed E-state index contributed by atoms with van der Waals surface area (Å²) in [7, 11) is 0. The predicted octanol–water partition coefficient (Wildman–Crippen LogP) is 3.98. The fourth-order valence-corrected chi connectivity index (χ4v) is 2.42. The molecule has 1 aromatic carbocycles. The summed E-state index contributed by atoms with van der Waals surface area (Å²) in [6, 6.07) is 7.90. The standard InChI is InChI=1S/C12H12BrNOS/c1-8-5-12(10(13)6-11(8)14)15-7-9-3-2-4-16-9/h2-6H,7,14H2,1H3. The molecule has 84 valence electrons. The van der Waals surface area contributed by atoms with Gasteiger partial charge in [0.1, 0.15) is 12.4 Å². The van der Waals surface area contributed by atoms with E-state index in [0.717, 1.165) is 21.5 Å². The number of aryl methyl sites for hydroxylation is 1. The lowest BCUT2D eigenvalue weighted by Gasteiger charge is -2.09. The van der Waals surface area contributed by atoms with Crippen molar-refractivity contribution >= 4 is 33.0 Å². The normalized spacial score (nSPS) is 10.4. The summed E-state index contributed by atoms with van der Waals surface area (Å²) in [6.45, 7) is 2.57. The number of hydrogen-bond donors (Lipinski definition) is 1. The number of rotatable bonds is 3. The molecule has 0 saturated heterocycles. The maximum atomic E-state index is 5.80. The van der Waals surface area contributed by atoms with Crippen molar-refractivity contribution in [3.8, 4) is 5.75 Å². The van der Waals surface area contributed by atoms with Crippen molar-refractivity contribution < 1.29 is 4.74 Å². The summed E-state index contributed by atoms with van der Waals surface area (Å²) in [4.78, 5) is 1.21. The largest absolute Gasteiger partial charge is 0.487 e. The van der Waals surface area contributed by atoms with E-state index in [4.69, 9.17) is 10.5 Å². The Kier molecular flexibility index (Phi) is 3.51. The molecule has 4 heteroatoms. The maximum Gasteiger partial charge on any atom is 0.134 e. The highest BCUT2D eigenvalue weighted by atomic mass is 79.9. The molecule has 0 bridgehead atoms. The summed E-state index contributed by atoms with van der Waals surface area (Å²) < 4.78 is 6.62. The van der Waals surface area contributed by atoms with E-state index < -0.39 is 0 Å². The monoisotopic (exact) mass is 297 g/mol. The molecule has 0 unspecified atom stereocenters. The summed E-state index contributed by atoms with van der Waals surface area (Å²) >= 11 is 5.13. The Bertz CT molecular complexity index is 482. The van der Waals surface area contributed by atoms with E-state index >= 15 is 0 Å². The molecule has 1 heterocycles. The van der Waals surface area contributed by atoms with Crippen molar-refractivity contribution in [3.05, 3.63) is 44.6 Å². The van der Waals surface area contributed by atoms with Crippen LogP contribution in [0.1, 0.15) is 10.4 Å². The minimum absolute atomic E-state index is 0.597. The second-order valence-electron chi connectivity index (χ2n) is 3.51. The molecule has 1 aromatic heterocycles. The van der Waals surface area contributed by atoms with Crippen molar-refractivity contribution in [1.29, 1.82) is 0 Å². The fourth-order valence-electron chi connectivity index (χ4n) is 1.32. The average Bonchev–Trinajstić information content (AvgIpc) is 2.74. The van der Waals surface area contributed by atoms with Gasteiger partial charge in [-0.3, -0.25) is 0 Å². The number of ether oxygens (including phenoxy) is 1. The van der Waals surface area contributed by atoms with Crippen LogP contribution in [0.25, 0.3) is 0 Å². The molecule has 16 heavy (non-hydrogen) atoms. The summed E-state index contributed by atoms with van der Waals surface area (Å²) in [5.74, 6) is 0.833. The second-order valence-corrected chi connectivity index (χ2v) is 5.39.